The van der Waals surface area contributed by atoms with Gasteiger partial charge in [0.05, 0.1) is 11.3 Å². The maximum absolute atomic E-state index is 12.7. The average molecular weight is 441 g/mol. The molecule has 4 nitrogen and oxygen atoms in total. The molecule has 0 saturated heterocycles. The Morgan fingerprint density at radius 3 is 2.57 bits per heavy atom. The minimum atomic E-state index is -0.598. The van der Waals surface area contributed by atoms with Gasteiger partial charge in [-0.2, -0.15) is 0 Å². The summed E-state index contributed by atoms with van der Waals surface area (Å²) in [6, 6.07) is 12.3. The van der Waals surface area contributed by atoms with Crippen LogP contribution in [0.15, 0.2) is 42.5 Å². The topological polar surface area (TPSA) is 49.4 Å². The summed E-state index contributed by atoms with van der Waals surface area (Å²) in [5.41, 5.74) is 1.99. The van der Waals surface area contributed by atoms with E-state index in [-0.39, 0.29) is 11.8 Å². The van der Waals surface area contributed by atoms with Crippen molar-refractivity contribution >= 4 is 51.7 Å². The largest absolute Gasteiger partial charge is 0.340 e. The number of carbonyl (C=O) groups excluding carboxylic acids is 2. The number of nitrogens with one attached hydrogen (secondary N) is 1. The molecule has 0 spiro atoms. The number of amides is 2. The van der Waals surface area contributed by atoms with E-state index in [2.05, 4.69) is 27.9 Å². The van der Waals surface area contributed by atoms with Crippen LogP contribution >= 0.6 is 34.2 Å². The Hall–Kier alpha value is -1.60. The Bertz CT molecular complexity index is 777. The zero-order valence-corrected chi connectivity index (χ0v) is 15.3. The van der Waals surface area contributed by atoms with Crippen molar-refractivity contribution < 1.29 is 9.59 Å². The third-order valence-corrected chi connectivity index (χ3v) is 4.81. The second-order valence-corrected chi connectivity index (χ2v) is 7.10. The summed E-state index contributed by atoms with van der Waals surface area (Å²) in [5, 5.41) is 3.28. The highest BCUT2D eigenvalue weighted by atomic mass is 127. The van der Waals surface area contributed by atoms with E-state index in [0.29, 0.717) is 22.7 Å². The number of hydrogen-bond donors (Lipinski definition) is 1. The van der Waals surface area contributed by atoms with E-state index in [0.717, 1.165) is 9.13 Å². The summed E-state index contributed by atoms with van der Waals surface area (Å²) in [7, 11) is 1.68. The normalized spacial score (nSPS) is 17.5. The van der Waals surface area contributed by atoms with Gasteiger partial charge in [-0.3, -0.25) is 9.59 Å². The molecule has 2 aromatic carbocycles. The highest BCUT2D eigenvalue weighted by Gasteiger charge is 2.31. The first kappa shape index (κ1) is 16.3. The van der Waals surface area contributed by atoms with Gasteiger partial charge in [-0.15, -0.1) is 0 Å². The first-order valence-electron chi connectivity index (χ1n) is 7.08. The quantitative estimate of drug-likeness (QED) is 0.729. The third kappa shape index (κ3) is 3.35. The fourth-order valence-electron chi connectivity index (χ4n) is 2.63. The van der Waals surface area contributed by atoms with E-state index in [1.165, 1.54) is 4.90 Å². The molecular formula is C17H14ClIN2O2. The lowest BCUT2D eigenvalue weighted by Gasteiger charge is -2.21. The van der Waals surface area contributed by atoms with Crippen LogP contribution in [0.1, 0.15) is 15.9 Å². The number of hydrogen-bond acceptors (Lipinski definition) is 2. The van der Waals surface area contributed by atoms with Gasteiger partial charge in [0, 0.05) is 22.1 Å². The van der Waals surface area contributed by atoms with Crippen LogP contribution in [-0.4, -0.2) is 24.9 Å². The van der Waals surface area contributed by atoms with E-state index in [1.807, 2.05) is 24.3 Å². The van der Waals surface area contributed by atoms with Crippen molar-refractivity contribution in [2.45, 2.75) is 12.5 Å². The Balaban J connectivity index is 1.92. The Morgan fingerprint density at radius 1 is 1.17 bits per heavy atom. The predicted molar refractivity (Wildman–Crippen MR) is 99.0 cm³/mol. The van der Waals surface area contributed by atoms with Gasteiger partial charge in [-0.05, 0) is 58.5 Å². The van der Waals surface area contributed by atoms with Gasteiger partial charge in [0.25, 0.3) is 5.91 Å². The van der Waals surface area contributed by atoms with Crippen molar-refractivity contribution in [1.82, 2.24) is 5.32 Å². The van der Waals surface area contributed by atoms with Gasteiger partial charge < -0.3 is 10.2 Å². The Labute approximate surface area is 153 Å². The monoisotopic (exact) mass is 440 g/mol. The minimum absolute atomic E-state index is 0.141. The molecule has 0 fully saturated rings. The smallest absolute Gasteiger partial charge is 0.254 e. The number of fused-ring (bicyclic) bond motifs is 1. The molecule has 3 rings (SSSR count). The van der Waals surface area contributed by atoms with Crippen LogP contribution in [0.25, 0.3) is 0 Å². The molecule has 1 aliphatic heterocycles. The lowest BCUT2D eigenvalue weighted by Crippen LogP contribution is -2.45. The second-order valence-electron chi connectivity index (χ2n) is 5.42. The number of rotatable bonds is 2. The zero-order valence-electron chi connectivity index (χ0n) is 12.3. The van der Waals surface area contributed by atoms with E-state index < -0.39 is 6.04 Å². The van der Waals surface area contributed by atoms with Gasteiger partial charge in [0.1, 0.15) is 6.04 Å². The summed E-state index contributed by atoms with van der Waals surface area (Å²) in [4.78, 5) is 26.7. The Morgan fingerprint density at radius 2 is 1.87 bits per heavy atom. The lowest BCUT2D eigenvalue weighted by atomic mass is 10.1. The molecule has 1 N–H and O–H groups in total. The Kier molecular flexibility index (Phi) is 4.59. The highest BCUT2D eigenvalue weighted by molar-refractivity contribution is 14.1. The van der Waals surface area contributed by atoms with Gasteiger partial charge in [-0.25, -0.2) is 0 Å². The first-order chi connectivity index (χ1) is 11.0. The van der Waals surface area contributed by atoms with Crippen molar-refractivity contribution in [3.8, 4) is 0 Å². The average Bonchev–Trinajstić information content (AvgIpc) is 2.61. The maximum Gasteiger partial charge on any atom is 0.254 e. The summed E-state index contributed by atoms with van der Waals surface area (Å²) in [6.07, 6.45) is 0.452. The number of halogens is 2. The molecule has 1 aliphatic rings. The van der Waals surface area contributed by atoms with Crippen LogP contribution in [0, 0.1) is 3.57 Å². The van der Waals surface area contributed by atoms with E-state index in [9.17, 15) is 9.59 Å². The number of carbonyl (C=O) groups is 2. The molecular weight excluding hydrogens is 427 g/mol. The molecule has 0 saturated carbocycles. The molecule has 1 atom stereocenters. The van der Waals surface area contributed by atoms with Crippen molar-refractivity contribution in [2.24, 2.45) is 0 Å². The molecule has 2 aromatic rings. The fraction of sp³-hybridized carbons (Fsp3) is 0.176. The first-order valence-corrected chi connectivity index (χ1v) is 8.54. The van der Waals surface area contributed by atoms with Gasteiger partial charge in [0.15, 0.2) is 0 Å². The van der Waals surface area contributed by atoms with Crippen LogP contribution < -0.4 is 10.2 Å². The number of anilines is 1. The second kappa shape index (κ2) is 6.49. The van der Waals surface area contributed by atoms with Gasteiger partial charge in [0.2, 0.25) is 5.91 Å². The molecule has 23 heavy (non-hydrogen) atoms. The van der Waals surface area contributed by atoms with Crippen LogP contribution in [0.3, 0.4) is 0 Å². The minimum Gasteiger partial charge on any atom is -0.340 e. The molecule has 1 unspecified atom stereocenters. The predicted octanol–water partition coefficient (Wildman–Crippen LogP) is 3.26. The maximum atomic E-state index is 12.7. The van der Waals surface area contributed by atoms with Crippen LogP contribution in [0.2, 0.25) is 5.02 Å². The van der Waals surface area contributed by atoms with Crippen molar-refractivity contribution in [1.29, 1.82) is 0 Å². The van der Waals surface area contributed by atoms with Crippen LogP contribution in [0.5, 0.6) is 0 Å². The standard InChI is InChI=1S/C17H14ClIN2O2/c1-21-15-7-4-11(18)9-13(15)16(22)20-14(17(21)23)8-10-2-5-12(19)6-3-10/h2-7,9,14H,8H2,1H3,(H,20,22). The van der Waals surface area contributed by atoms with E-state index in [4.69, 9.17) is 11.6 Å². The molecule has 2 amide bonds. The summed E-state index contributed by atoms with van der Waals surface area (Å²) in [6.45, 7) is 0. The summed E-state index contributed by atoms with van der Waals surface area (Å²) >= 11 is 8.21. The number of likely N-dealkylation sites (N-methyl/N-ethyl adjacent to an activating group) is 1. The molecule has 118 valence electrons. The molecule has 1 heterocycles. The van der Waals surface area contributed by atoms with Crippen molar-refractivity contribution in [3.05, 3.63) is 62.2 Å². The lowest BCUT2D eigenvalue weighted by molar-refractivity contribution is -0.120. The molecule has 0 aromatic heterocycles. The summed E-state index contributed by atoms with van der Waals surface area (Å²) < 4.78 is 1.13. The van der Waals surface area contributed by atoms with Gasteiger partial charge >= 0.3 is 0 Å². The molecule has 0 radical (unpaired) electrons. The molecule has 0 aliphatic carbocycles. The van der Waals surface area contributed by atoms with E-state index in [1.54, 1.807) is 25.2 Å². The SMILES string of the molecule is CN1C(=O)C(Cc2ccc(I)cc2)NC(=O)c2cc(Cl)ccc21. The number of nitrogens with zero attached hydrogens (tertiary/aromatic N) is 1. The molecule has 6 heteroatoms. The van der Waals surface area contributed by atoms with Crippen LogP contribution in [0.4, 0.5) is 5.69 Å². The molecule has 0 bridgehead atoms. The van der Waals surface area contributed by atoms with Gasteiger partial charge in [-0.1, -0.05) is 23.7 Å². The zero-order chi connectivity index (χ0) is 16.6. The van der Waals surface area contributed by atoms with Crippen molar-refractivity contribution in [3.63, 3.8) is 0 Å². The van der Waals surface area contributed by atoms with Crippen molar-refractivity contribution in [2.75, 3.05) is 11.9 Å². The van der Waals surface area contributed by atoms with E-state index >= 15 is 0 Å². The van der Waals surface area contributed by atoms with Crippen LogP contribution in [-0.2, 0) is 11.2 Å². The third-order valence-electron chi connectivity index (χ3n) is 3.85. The fourth-order valence-corrected chi connectivity index (χ4v) is 3.16. The summed E-state index contributed by atoms with van der Waals surface area (Å²) in [5.74, 6) is -0.423. The highest BCUT2D eigenvalue weighted by Crippen LogP contribution is 2.27. The number of benzene rings is 2.